The molecule has 0 aromatic heterocycles. The first-order valence-electron chi connectivity index (χ1n) is 6.11. The molecule has 1 fully saturated rings. The maximum Gasteiger partial charge on any atom is 0.252 e. The average molecular weight is 323 g/mol. The van der Waals surface area contributed by atoms with E-state index in [1.807, 2.05) is 0 Å². The molecule has 1 aromatic carbocycles. The zero-order valence-corrected chi connectivity index (χ0v) is 12.5. The van der Waals surface area contributed by atoms with Crippen molar-refractivity contribution in [2.24, 2.45) is 5.92 Å². The van der Waals surface area contributed by atoms with Gasteiger partial charge in [-0.2, -0.15) is 0 Å². The highest BCUT2D eigenvalue weighted by molar-refractivity contribution is 6.33. The summed E-state index contributed by atoms with van der Waals surface area (Å²) < 4.78 is 13.2. The van der Waals surface area contributed by atoms with Gasteiger partial charge in [0.2, 0.25) is 0 Å². The number of aliphatic hydroxyl groups is 1. The minimum atomic E-state index is -0.453. The van der Waals surface area contributed by atoms with Crippen LogP contribution in [0.3, 0.4) is 0 Å². The maximum atomic E-state index is 13.2. The third kappa shape index (κ3) is 3.82. The molecular weight excluding hydrogens is 306 g/mol. The molecule has 3 N–H and O–H groups in total. The predicted molar refractivity (Wildman–Crippen MR) is 78.1 cm³/mol. The van der Waals surface area contributed by atoms with Gasteiger partial charge in [-0.05, 0) is 24.6 Å². The van der Waals surface area contributed by atoms with E-state index in [0.29, 0.717) is 25.2 Å². The van der Waals surface area contributed by atoms with E-state index >= 15 is 0 Å². The molecule has 112 valence electrons. The SMILES string of the molecule is Cc1cc(C(=O)NCC2CNCC2O)c(Cl)cc1F.Cl. The Bertz CT molecular complexity index is 500. The summed E-state index contributed by atoms with van der Waals surface area (Å²) in [6.45, 7) is 3.14. The maximum absolute atomic E-state index is 13.2. The second kappa shape index (κ2) is 7.22. The van der Waals surface area contributed by atoms with Crippen molar-refractivity contribution in [2.45, 2.75) is 13.0 Å². The molecule has 0 saturated carbocycles. The highest BCUT2D eigenvalue weighted by Crippen LogP contribution is 2.20. The quantitative estimate of drug-likeness (QED) is 0.790. The van der Waals surface area contributed by atoms with Crippen LogP contribution in [0.4, 0.5) is 4.39 Å². The summed E-state index contributed by atoms with van der Waals surface area (Å²) in [5, 5.41) is 15.5. The van der Waals surface area contributed by atoms with Gasteiger partial charge in [-0.3, -0.25) is 4.79 Å². The van der Waals surface area contributed by atoms with Crippen molar-refractivity contribution in [1.29, 1.82) is 0 Å². The van der Waals surface area contributed by atoms with Crippen LogP contribution in [0, 0.1) is 18.7 Å². The molecule has 2 unspecified atom stereocenters. The highest BCUT2D eigenvalue weighted by Gasteiger charge is 2.25. The summed E-state index contributed by atoms with van der Waals surface area (Å²) in [7, 11) is 0. The molecule has 20 heavy (non-hydrogen) atoms. The number of amides is 1. The summed E-state index contributed by atoms with van der Waals surface area (Å²) in [6, 6.07) is 2.56. The van der Waals surface area contributed by atoms with Gasteiger partial charge in [0.05, 0.1) is 16.7 Å². The summed E-state index contributed by atoms with van der Waals surface area (Å²) in [5.41, 5.74) is 0.623. The number of hydrogen-bond donors (Lipinski definition) is 3. The van der Waals surface area contributed by atoms with Gasteiger partial charge in [0.25, 0.3) is 5.91 Å². The molecular formula is C13H17Cl2FN2O2. The molecule has 1 heterocycles. The van der Waals surface area contributed by atoms with Crippen LogP contribution in [0.2, 0.25) is 5.02 Å². The van der Waals surface area contributed by atoms with E-state index < -0.39 is 11.9 Å². The van der Waals surface area contributed by atoms with Gasteiger partial charge in [0, 0.05) is 25.6 Å². The number of benzene rings is 1. The lowest BCUT2D eigenvalue weighted by Gasteiger charge is -2.14. The fraction of sp³-hybridized carbons (Fsp3) is 0.462. The topological polar surface area (TPSA) is 61.4 Å². The van der Waals surface area contributed by atoms with Crippen LogP contribution >= 0.6 is 24.0 Å². The zero-order chi connectivity index (χ0) is 14.0. The van der Waals surface area contributed by atoms with Gasteiger partial charge < -0.3 is 15.7 Å². The van der Waals surface area contributed by atoms with E-state index in [-0.39, 0.29) is 34.8 Å². The molecule has 0 radical (unpaired) electrons. The number of carbonyl (C=O) groups is 1. The Hall–Kier alpha value is -0.880. The van der Waals surface area contributed by atoms with Crippen LogP contribution in [-0.2, 0) is 0 Å². The first-order chi connectivity index (χ1) is 8.99. The number of aryl methyl sites for hydroxylation is 1. The van der Waals surface area contributed by atoms with E-state index in [0.717, 1.165) is 6.07 Å². The Balaban J connectivity index is 0.00000200. The van der Waals surface area contributed by atoms with Crippen LogP contribution in [0.5, 0.6) is 0 Å². The van der Waals surface area contributed by atoms with Crippen molar-refractivity contribution >= 4 is 29.9 Å². The standard InChI is InChI=1S/C13H16ClFN2O2.ClH/c1-7-2-9(10(14)3-11(7)15)13(19)17-5-8-4-16-6-12(8)18;/h2-3,8,12,16,18H,4-6H2,1H3,(H,17,19);1H. The van der Waals surface area contributed by atoms with E-state index in [9.17, 15) is 14.3 Å². The smallest absolute Gasteiger partial charge is 0.252 e. The fourth-order valence-electron chi connectivity index (χ4n) is 2.08. The minimum Gasteiger partial charge on any atom is -0.391 e. The lowest BCUT2D eigenvalue weighted by molar-refractivity contribution is 0.0927. The molecule has 2 atom stereocenters. The van der Waals surface area contributed by atoms with Gasteiger partial charge in [0.15, 0.2) is 0 Å². The van der Waals surface area contributed by atoms with E-state index in [1.165, 1.54) is 6.07 Å². The van der Waals surface area contributed by atoms with Crippen LogP contribution in [-0.4, -0.2) is 36.8 Å². The van der Waals surface area contributed by atoms with Gasteiger partial charge in [-0.15, -0.1) is 12.4 Å². The van der Waals surface area contributed by atoms with Crippen molar-refractivity contribution in [3.8, 4) is 0 Å². The third-order valence-electron chi connectivity index (χ3n) is 3.32. The predicted octanol–water partition coefficient (Wildman–Crippen LogP) is 1.52. The van der Waals surface area contributed by atoms with Gasteiger partial charge in [-0.1, -0.05) is 11.6 Å². The first kappa shape index (κ1) is 17.2. The Labute approximate surface area is 128 Å². The van der Waals surface area contributed by atoms with Gasteiger partial charge >= 0.3 is 0 Å². The Morgan fingerprint density at radius 1 is 1.55 bits per heavy atom. The summed E-state index contributed by atoms with van der Waals surface area (Å²) in [6.07, 6.45) is -0.453. The molecule has 1 aliphatic rings. The number of carbonyl (C=O) groups excluding carboxylic acids is 1. The van der Waals surface area contributed by atoms with Crippen LogP contribution in [0.1, 0.15) is 15.9 Å². The highest BCUT2D eigenvalue weighted by atomic mass is 35.5. The Morgan fingerprint density at radius 3 is 2.85 bits per heavy atom. The fourth-order valence-corrected chi connectivity index (χ4v) is 2.31. The number of β-amino-alcohol motifs (C(OH)–C–C–N with tert-alkyl or cyclic N) is 1. The molecule has 1 aliphatic heterocycles. The average Bonchev–Trinajstić information content (AvgIpc) is 2.76. The van der Waals surface area contributed by atoms with E-state index in [1.54, 1.807) is 6.92 Å². The van der Waals surface area contributed by atoms with Crippen molar-refractivity contribution in [3.05, 3.63) is 34.1 Å². The molecule has 7 heteroatoms. The summed E-state index contributed by atoms with van der Waals surface area (Å²) in [5.74, 6) is -0.798. The van der Waals surface area contributed by atoms with Crippen LogP contribution in [0.25, 0.3) is 0 Å². The van der Waals surface area contributed by atoms with Crippen LogP contribution in [0.15, 0.2) is 12.1 Å². The molecule has 2 rings (SSSR count). The first-order valence-corrected chi connectivity index (χ1v) is 6.49. The molecule has 1 aromatic rings. The summed E-state index contributed by atoms with van der Waals surface area (Å²) in [4.78, 5) is 12.0. The molecule has 0 aliphatic carbocycles. The lowest BCUT2D eigenvalue weighted by atomic mass is 10.1. The molecule has 0 spiro atoms. The number of hydrogen-bond acceptors (Lipinski definition) is 3. The Kier molecular flexibility index (Phi) is 6.20. The van der Waals surface area contributed by atoms with Gasteiger partial charge in [-0.25, -0.2) is 4.39 Å². The largest absolute Gasteiger partial charge is 0.391 e. The molecule has 1 amide bonds. The van der Waals surface area contributed by atoms with Crippen molar-refractivity contribution in [2.75, 3.05) is 19.6 Å². The van der Waals surface area contributed by atoms with Gasteiger partial charge in [0.1, 0.15) is 5.82 Å². The van der Waals surface area contributed by atoms with E-state index in [2.05, 4.69) is 10.6 Å². The number of rotatable bonds is 3. The lowest BCUT2D eigenvalue weighted by Crippen LogP contribution is -2.34. The minimum absolute atomic E-state index is 0. The van der Waals surface area contributed by atoms with E-state index in [4.69, 9.17) is 11.6 Å². The molecule has 0 bridgehead atoms. The third-order valence-corrected chi connectivity index (χ3v) is 3.63. The normalized spacial score (nSPS) is 21.4. The second-order valence-corrected chi connectivity index (χ2v) is 5.18. The van der Waals surface area contributed by atoms with Crippen LogP contribution < -0.4 is 10.6 Å². The monoisotopic (exact) mass is 322 g/mol. The number of halogens is 3. The van der Waals surface area contributed by atoms with Crippen molar-refractivity contribution < 1.29 is 14.3 Å². The van der Waals surface area contributed by atoms with Crippen molar-refractivity contribution in [3.63, 3.8) is 0 Å². The zero-order valence-electron chi connectivity index (χ0n) is 11.0. The number of aliphatic hydroxyl groups excluding tert-OH is 1. The second-order valence-electron chi connectivity index (χ2n) is 4.78. The summed E-state index contributed by atoms with van der Waals surface area (Å²) >= 11 is 5.86. The Morgan fingerprint density at radius 2 is 2.25 bits per heavy atom. The molecule has 1 saturated heterocycles. The van der Waals surface area contributed by atoms with Crippen molar-refractivity contribution in [1.82, 2.24) is 10.6 Å². The number of nitrogens with one attached hydrogen (secondary N) is 2. The molecule has 4 nitrogen and oxygen atoms in total.